The third kappa shape index (κ3) is 3.42. The lowest BCUT2D eigenvalue weighted by molar-refractivity contribution is 0.246. The zero-order chi connectivity index (χ0) is 14.5. The quantitative estimate of drug-likeness (QED) is 0.887. The van der Waals surface area contributed by atoms with Gasteiger partial charge in [0.25, 0.3) is 0 Å². The molecule has 2 N–H and O–H groups in total. The van der Waals surface area contributed by atoms with Gasteiger partial charge in [-0.05, 0) is 31.0 Å². The average molecular weight is 296 g/mol. The number of hydrogen-bond donors (Lipinski definition) is 1. The van der Waals surface area contributed by atoms with Crippen molar-refractivity contribution in [2.45, 2.75) is 12.5 Å². The Morgan fingerprint density at radius 1 is 1.25 bits per heavy atom. The second-order valence-electron chi connectivity index (χ2n) is 4.70. The summed E-state index contributed by atoms with van der Waals surface area (Å²) in [6, 6.07) is 8.00. The Labute approximate surface area is 121 Å². The topological polar surface area (TPSA) is 29.3 Å². The molecular weight excluding hydrogens is 278 g/mol. The monoisotopic (exact) mass is 296 g/mol. The molecular formula is C15H18F2N2S. The van der Waals surface area contributed by atoms with E-state index in [2.05, 4.69) is 6.07 Å². The molecule has 20 heavy (non-hydrogen) atoms. The number of rotatable bonds is 6. The number of hydrogen-bond acceptors (Lipinski definition) is 3. The Morgan fingerprint density at radius 2 is 2.05 bits per heavy atom. The van der Waals surface area contributed by atoms with Crippen LogP contribution in [-0.4, -0.2) is 25.0 Å². The minimum absolute atomic E-state index is 0.251. The van der Waals surface area contributed by atoms with E-state index in [1.807, 2.05) is 23.4 Å². The van der Waals surface area contributed by atoms with Crippen LogP contribution in [0.15, 0.2) is 35.7 Å². The average Bonchev–Trinajstić information content (AvgIpc) is 2.95. The zero-order valence-corrected chi connectivity index (χ0v) is 12.2. The van der Waals surface area contributed by atoms with Gasteiger partial charge in [0, 0.05) is 29.6 Å². The molecule has 0 amide bonds. The van der Waals surface area contributed by atoms with E-state index in [9.17, 15) is 8.78 Å². The van der Waals surface area contributed by atoms with E-state index < -0.39 is 11.6 Å². The third-order valence-electron chi connectivity index (χ3n) is 3.39. The van der Waals surface area contributed by atoms with Crippen molar-refractivity contribution in [2.75, 3.05) is 20.1 Å². The number of thiophene rings is 1. The minimum Gasteiger partial charge on any atom is -0.329 e. The van der Waals surface area contributed by atoms with Crippen LogP contribution in [0.5, 0.6) is 0 Å². The molecule has 5 heteroatoms. The van der Waals surface area contributed by atoms with E-state index in [4.69, 9.17) is 5.73 Å². The van der Waals surface area contributed by atoms with Gasteiger partial charge in [-0.15, -0.1) is 11.3 Å². The zero-order valence-electron chi connectivity index (χ0n) is 11.4. The van der Waals surface area contributed by atoms with Gasteiger partial charge in [-0.3, -0.25) is 4.90 Å². The molecule has 1 unspecified atom stereocenters. The normalized spacial score (nSPS) is 12.8. The summed E-state index contributed by atoms with van der Waals surface area (Å²) in [5.74, 6) is -1.63. The van der Waals surface area contributed by atoms with Gasteiger partial charge in [-0.25, -0.2) is 8.78 Å². The summed E-state index contributed by atoms with van der Waals surface area (Å²) < 4.78 is 27.2. The first-order chi connectivity index (χ1) is 9.63. The Kier molecular flexibility index (Phi) is 5.23. The third-order valence-corrected chi connectivity index (χ3v) is 4.32. The largest absolute Gasteiger partial charge is 0.329 e. The number of nitrogens with two attached hydrogens (primary N) is 1. The van der Waals surface area contributed by atoms with Gasteiger partial charge in [0.1, 0.15) is 0 Å². The highest BCUT2D eigenvalue weighted by atomic mass is 32.1. The Hall–Kier alpha value is -1.30. The molecule has 0 saturated heterocycles. The lowest BCUT2D eigenvalue weighted by atomic mass is 10.0. The van der Waals surface area contributed by atoms with Gasteiger partial charge < -0.3 is 5.73 Å². The fourth-order valence-corrected chi connectivity index (χ4v) is 2.92. The van der Waals surface area contributed by atoms with Crippen LogP contribution in [0.1, 0.15) is 16.5 Å². The molecule has 1 atom stereocenters. The molecule has 0 spiro atoms. The molecule has 0 saturated carbocycles. The van der Waals surface area contributed by atoms with Crippen molar-refractivity contribution >= 4 is 11.3 Å². The van der Waals surface area contributed by atoms with Crippen LogP contribution in [0.3, 0.4) is 0 Å². The van der Waals surface area contributed by atoms with E-state index in [1.165, 1.54) is 10.9 Å². The molecule has 2 rings (SSSR count). The van der Waals surface area contributed by atoms with Crippen LogP contribution in [0.25, 0.3) is 0 Å². The van der Waals surface area contributed by atoms with Crippen molar-refractivity contribution in [2.24, 2.45) is 5.73 Å². The molecule has 1 heterocycles. The Balaban J connectivity index is 2.08. The minimum atomic E-state index is -0.826. The van der Waals surface area contributed by atoms with Gasteiger partial charge in [0.2, 0.25) is 0 Å². The first-order valence-electron chi connectivity index (χ1n) is 6.50. The van der Waals surface area contributed by atoms with Crippen molar-refractivity contribution < 1.29 is 8.78 Å². The van der Waals surface area contributed by atoms with E-state index in [1.54, 1.807) is 17.4 Å². The molecule has 108 valence electrons. The molecule has 0 aliphatic carbocycles. The second kappa shape index (κ2) is 6.92. The van der Waals surface area contributed by atoms with Gasteiger partial charge in [0.05, 0.1) is 0 Å². The highest BCUT2D eigenvalue weighted by molar-refractivity contribution is 7.09. The highest BCUT2D eigenvalue weighted by Gasteiger charge is 2.20. The van der Waals surface area contributed by atoms with Gasteiger partial charge >= 0.3 is 0 Å². The number of halogens is 2. The Morgan fingerprint density at radius 3 is 2.70 bits per heavy atom. The smallest absolute Gasteiger partial charge is 0.163 e. The number of benzene rings is 1. The molecule has 0 aliphatic heterocycles. The van der Waals surface area contributed by atoms with Crippen molar-refractivity contribution in [3.63, 3.8) is 0 Å². The van der Waals surface area contributed by atoms with Crippen molar-refractivity contribution in [3.8, 4) is 0 Å². The second-order valence-corrected chi connectivity index (χ2v) is 5.74. The maximum absolute atomic E-state index is 13.9. The van der Waals surface area contributed by atoms with E-state index in [0.717, 1.165) is 19.0 Å². The van der Waals surface area contributed by atoms with Gasteiger partial charge in [-0.1, -0.05) is 18.2 Å². The lowest BCUT2D eigenvalue weighted by Gasteiger charge is -2.27. The molecule has 1 aromatic heterocycles. The highest BCUT2D eigenvalue weighted by Crippen LogP contribution is 2.23. The molecule has 0 aliphatic rings. The molecule has 1 aromatic carbocycles. The number of nitrogens with zero attached hydrogens (tertiary/aromatic N) is 1. The van der Waals surface area contributed by atoms with Crippen molar-refractivity contribution in [1.82, 2.24) is 4.90 Å². The van der Waals surface area contributed by atoms with E-state index in [0.29, 0.717) is 5.56 Å². The predicted octanol–water partition coefficient (Wildman–Crippen LogP) is 3.20. The van der Waals surface area contributed by atoms with Crippen LogP contribution in [-0.2, 0) is 6.42 Å². The lowest BCUT2D eigenvalue weighted by Crippen LogP contribution is -2.32. The Bertz CT molecular complexity index is 543. The summed E-state index contributed by atoms with van der Waals surface area (Å²) in [5.41, 5.74) is 6.07. The standard InChI is InChI=1S/C15H18F2N2S/c1-19(8-7-11-4-3-9-20-11)14(10-18)12-5-2-6-13(16)15(12)17/h2-6,9,14H,7-8,10,18H2,1H3. The van der Waals surface area contributed by atoms with Crippen LogP contribution in [0.2, 0.25) is 0 Å². The number of likely N-dealkylation sites (N-methyl/N-ethyl adjacent to an activating group) is 1. The molecule has 0 bridgehead atoms. The first-order valence-corrected chi connectivity index (χ1v) is 7.38. The van der Waals surface area contributed by atoms with Gasteiger partial charge in [0.15, 0.2) is 11.6 Å². The van der Waals surface area contributed by atoms with E-state index in [-0.39, 0.29) is 12.6 Å². The molecule has 2 aromatic rings. The fraction of sp³-hybridized carbons (Fsp3) is 0.333. The van der Waals surface area contributed by atoms with Crippen molar-refractivity contribution in [3.05, 3.63) is 57.8 Å². The SMILES string of the molecule is CN(CCc1cccs1)C(CN)c1cccc(F)c1F. The van der Waals surface area contributed by atoms with Crippen LogP contribution in [0, 0.1) is 11.6 Å². The summed E-state index contributed by atoms with van der Waals surface area (Å²) in [4.78, 5) is 3.24. The summed E-state index contributed by atoms with van der Waals surface area (Å²) >= 11 is 1.69. The molecule has 0 radical (unpaired) electrons. The molecule has 0 fully saturated rings. The van der Waals surface area contributed by atoms with Crippen LogP contribution >= 0.6 is 11.3 Å². The van der Waals surface area contributed by atoms with Crippen LogP contribution in [0.4, 0.5) is 8.78 Å². The van der Waals surface area contributed by atoms with Gasteiger partial charge in [-0.2, -0.15) is 0 Å². The first kappa shape index (κ1) is 15.1. The summed E-state index contributed by atoms with van der Waals surface area (Å²) in [6.07, 6.45) is 0.877. The van der Waals surface area contributed by atoms with Crippen molar-refractivity contribution in [1.29, 1.82) is 0 Å². The summed E-state index contributed by atoms with van der Waals surface area (Å²) in [6.45, 7) is 1.000. The molecule has 2 nitrogen and oxygen atoms in total. The predicted molar refractivity (Wildman–Crippen MR) is 78.8 cm³/mol. The summed E-state index contributed by atoms with van der Waals surface area (Å²) in [5, 5.41) is 2.03. The maximum atomic E-state index is 13.9. The maximum Gasteiger partial charge on any atom is 0.163 e. The fourth-order valence-electron chi connectivity index (χ4n) is 2.22. The van der Waals surface area contributed by atoms with E-state index >= 15 is 0 Å². The summed E-state index contributed by atoms with van der Waals surface area (Å²) in [7, 11) is 1.88. The van der Waals surface area contributed by atoms with Crippen LogP contribution < -0.4 is 5.73 Å².